The van der Waals surface area contributed by atoms with E-state index in [-0.39, 0.29) is 11.6 Å². The Labute approximate surface area is 105 Å². The van der Waals surface area contributed by atoms with E-state index in [1.807, 2.05) is 25.1 Å². The van der Waals surface area contributed by atoms with Gasteiger partial charge >= 0.3 is 0 Å². The maximum absolute atomic E-state index is 12.0. The van der Waals surface area contributed by atoms with E-state index < -0.39 is 0 Å². The molecule has 1 fully saturated rings. The molecule has 1 heterocycles. The minimum atomic E-state index is -0.271. The number of amides is 1. The maximum atomic E-state index is 12.0. The van der Waals surface area contributed by atoms with Crippen molar-refractivity contribution >= 4 is 5.91 Å². The molecule has 3 N–H and O–H groups in total. The number of hydrogen-bond acceptors (Lipinski definition) is 4. The van der Waals surface area contributed by atoms with Crippen LogP contribution in [0.25, 0.3) is 0 Å². The molecule has 92 valence electrons. The molecule has 1 amide bonds. The van der Waals surface area contributed by atoms with Gasteiger partial charge in [0.15, 0.2) is 5.70 Å². The van der Waals surface area contributed by atoms with Crippen LogP contribution in [0.15, 0.2) is 35.8 Å². The van der Waals surface area contributed by atoms with Gasteiger partial charge in [-0.25, -0.2) is 0 Å². The first kappa shape index (κ1) is 12.0. The van der Waals surface area contributed by atoms with Gasteiger partial charge in [-0.15, -0.1) is 0 Å². The molecule has 0 spiro atoms. The van der Waals surface area contributed by atoms with E-state index in [1.165, 1.54) is 0 Å². The van der Waals surface area contributed by atoms with E-state index >= 15 is 0 Å². The van der Waals surface area contributed by atoms with Crippen LogP contribution in [0.2, 0.25) is 0 Å². The van der Waals surface area contributed by atoms with Gasteiger partial charge in [0, 0.05) is 18.7 Å². The Bertz CT molecular complexity index is 534. The Morgan fingerprint density at radius 2 is 2.00 bits per heavy atom. The molecule has 0 unspecified atom stereocenters. The van der Waals surface area contributed by atoms with Crippen LogP contribution in [0.5, 0.6) is 0 Å². The van der Waals surface area contributed by atoms with Gasteiger partial charge in [-0.1, -0.05) is 18.2 Å². The summed E-state index contributed by atoms with van der Waals surface area (Å²) in [6.07, 6.45) is 0. The molecule has 0 aromatic heterocycles. The van der Waals surface area contributed by atoms with Crippen molar-refractivity contribution in [2.45, 2.75) is 6.92 Å². The minimum Gasteiger partial charge on any atom is -0.368 e. The van der Waals surface area contributed by atoms with Crippen LogP contribution >= 0.6 is 0 Å². The Morgan fingerprint density at radius 1 is 1.33 bits per heavy atom. The van der Waals surface area contributed by atoms with E-state index in [2.05, 4.69) is 16.0 Å². The second-order valence-electron chi connectivity index (χ2n) is 3.98. The van der Waals surface area contributed by atoms with Crippen molar-refractivity contribution in [3.05, 3.63) is 46.9 Å². The van der Waals surface area contributed by atoms with Crippen molar-refractivity contribution < 1.29 is 4.79 Å². The van der Waals surface area contributed by atoms with Gasteiger partial charge < -0.3 is 16.0 Å². The predicted molar refractivity (Wildman–Crippen MR) is 67.3 cm³/mol. The molecule has 1 saturated heterocycles. The number of hydrogen-bond donors (Lipinski definition) is 3. The van der Waals surface area contributed by atoms with Crippen LogP contribution in [0, 0.1) is 18.3 Å². The summed E-state index contributed by atoms with van der Waals surface area (Å²) in [6.45, 7) is 3.36. The molecule has 1 aliphatic rings. The number of aryl methyl sites for hydroxylation is 1. The number of nitriles is 1. The average Bonchev–Trinajstić information content (AvgIpc) is 2.90. The number of nitrogens with zero attached hydrogens (tertiary/aromatic N) is 1. The number of allylic oxidation sites excluding steroid dienone is 1. The highest BCUT2D eigenvalue weighted by molar-refractivity contribution is 5.97. The van der Waals surface area contributed by atoms with Gasteiger partial charge in [0.25, 0.3) is 5.91 Å². The lowest BCUT2D eigenvalue weighted by Gasteiger charge is -2.08. The normalized spacial score (nSPS) is 13.2. The van der Waals surface area contributed by atoms with Gasteiger partial charge in [0.05, 0.1) is 0 Å². The Balaban J connectivity index is 2.19. The fourth-order valence-electron chi connectivity index (χ4n) is 1.77. The molecule has 0 radical (unpaired) electrons. The lowest BCUT2D eigenvalue weighted by atomic mass is 10.1. The highest BCUT2D eigenvalue weighted by Gasteiger charge is 2.15. The van der Waals surface area contributed by atoms with Crippen LogP contribution in [0.4, 0.5) is 0 Å². The summed E-state index contributed by atoms with van der Waals surface area (Å²) in [7, 11) is 0. The lowest BCUT2D eigenvalue weighted by molar-refractivity contribution is 0.0966. The summed E-state index contributed by atoms with van der Waals surface area (Å²) in [6, 6.07) is 9.25. The molecule has 0 bridgehead atoms. The highest BCUT2D eigenvalue weighted by Crippen LogP contribution is 2.08. The van der Waals surface area contributed by atoms with Crippen molar-refractivity contribution in [3.8, 4) is 6.07 Å². The average molecular weight is 242 g/mol. The quantitative estimate of drug-likeness (QED) is 0.664. The van der Waals surface area contributed by atoms with Crippen LogP contribution in [-0.2, 0) is 0 Å². The molecule has 5 heteroatoms. The van der Waals surface area contributed by atoms with E-state index in [0.717, 1.165) is 18.7 Å². The second kappa shape index (κ2) is 5.23. The zero-order valence-electron chi connectivity index (χ0n) is 10.1. The summed E-state index contributed by atoms with van der Waals surface area (Å²) in [5, 5.41) is 17.7. The van der Waals surface area contributed by atoms with Crippen molar-refractivity contribution in [1.29, 1.82) is 5.26 Å². The second-order valence-corrected chi connectivity index (χ2v) is 3.98. The minimum absolute atomic E-state index is 0.223. The van der Waals surface area contributed by atoms with E-state index in [0.29, 0.717) is 11.4 Å². The molecule has 1 aliphatic heterocycles. The fourth-order valence-corrected chi connectivity index (χ4v) is 1.77. The third-order valence-electron chi connectivity index (χ3n) is 2.72. The van der Waals surface area contributed by atoms with E-state index in [1.54, 1.807) is 12.1 Å². The fraction of sp³-hybridized carbons (Fsp3) is 0.231. The highest BCUT2D eigenvalue weighted by atomic mass is 16.1. The Kier molecular flexibility index (Phi) is 3.49. The largest absolute Gasteiger partial charge is 0.368 e. The van der Waals surface area contributed by atoms with E-state index in [9.17, 15) is 4.79 Å². The Hall–Kier alpha value is -2.48. The number of carbonyl (C=O) groups excluding carboxylic acids is 1. The van der Waals surface area contributed by atoms with Gasteiger partial charge in [-0.3, -0.25) is 4.79 Å². The maximum Gasteiger partial charge on any atom is 0.256 e. The Morgan fingerprint density at radius 3 is 2.61 bits per heavy atom. The number of nitrogens with one attached hydrogen (secondary N) is 3. The molecular weight excluding hydrogens is 228 g/mol. The summed E-state index contributed by atoms with van der Waals surface area (Å²) in [4.78, 5) is 12.0. The van der Waals surface area contributed by atoms with Crippen molar-refractivity contribution in [2.24, 2.45) is 0 Å². The first-order valence-electron chi connectivity index (χ1n) is 5.71. The third kappa shape index (κ3) is 2.43. The molecule has 0 atom stereocenters. The van der Waals surface area contributed by atoms with Crippen molar-refractivity contribution in [2.75, 3.05) is 13.1 Å². The summed E-state index contributed by atoms with van der Waals surface area (Å²) in [5.74, 6) is 0.312. The molecule has 0 aliphatic carbocycles. The first-order valence-corrected chi connectivity index (χ1v) is 5.71. The summed E-state index contributed by atoms with van der Waals surface area (Å²) in [5.41, 5.74) is 1.68. The summed E-state index contributed by atoms with van der Waals surface area (Å²) < 4.78 is 0. The van der Waals surface area contributed by atoms with Gasteiger partial charge in [-0.2, -0.15) is 5.26 Å². The van der Waals surface area contributed by atoms with Crippen molar-refractivity contribution in [1.82, 2.24) is 16.0 Å². The number of rotatable bonds is 2. The molecule has 1 aromatic carbocycles. The molecule has 2 rings (SSSR count). The number of carbonyl (C=O) groups is 1. The zero-order valence-corrected chi connectivity index (χ0v) is 10.1. The van der Waals surface area contributed by atoms with Crippen LogP contribution < -0.4 is 16.0 Å². The van der Waals surface area contributed by atoms with Gasteiger partial charge in [0.1, 0.15) is 11.9 Å². The zero-order chi connectivity index (χ0) is 13.0. The molecular formula is C13H14N4O. The van der Waals surface area contributed by atoms with Crippen LogP contribution in [0.1, 0.15) is 15.9 Å². The number of benzene rings is 1. The van der Waals surface area contributed by atoms with Gasteiger partial charge in [-0.05, 0) is 18.6 Å². The molecule has 5 nitrogen and oxygen atoms in total. The topological polar surface area (TPSA) is 77.0 Å². The van der Waals surface area contributed by atoms with Crippen LogP contribution in [0.3, 0.4) is 0 Å². The first-order chi connectivity index (χ1) is 8.72. The van der Waals surface area contributed by atoms with Crippen molar-refractivity contribution in [3.63, 3.8) is 0 Å². The standard InChI is InChI=1S/C13H14N4O/c1-9-4-2-3-5-10(9)13(18)17-11(8-14)12-15-6-7-16-12/h2-5,15-16H,6-7H2,1H3,(H,17,18). The molecule has 18 heavy (non-hydrogen) atoms. The molecule has 0 saturated carbocycles. The lowest BCUT2D eigenvalue weighted by Crippen LogP contribution is -2.28. The monoisotopic (exact) mass is 242 g/mol. The predicted octanol–water partition coefficient (Wildman–Crippen LogP) is 0.610. The van der Waals surface area contributed by atoms with E-state index in [4.69, 9.17) is 5.26 Å². The SMILES string of the molecule is Cc1ccccc1C(=O)NC(C#N)=C1NCCN1. The smallest absolute Gasteiger partial charge is 0.256 e. The summed E-state index contributed by atoms with van der Waals surface area (Å²) >= 11 is 0. The van der Waals surface area contributed by atoms with Gasteiger partial charge in [0.2, 0.25) is 0 Å². The molecule has 1 aromatic rings. The van der Waals surface area contributed by atoms with Crippen LogP contribution in [-0.4, -0.2) is 19.0 Å². The third-order valence-corrected chi connectivity index (χ3v) is 2.72.